The summed E-state index contributed by atoms with van der Waals surface area (Å²) in [5.41, 5.74) is 4.94. The van der Waals surface area contributed by atoms with Gasteiger partial charge in [0.05, 0.1) is 30.6 Å². The Labute approximate surface area is 127 Å². The van der Waals surface area contributed by atoms with Gasteiger partial charge in [0.15, 0.2) is 5.82 Å². The molecule has 1 heterocycles. The van der Waals surface area contributed by atoms with Gasteiger partial charge in [0.1, 0.15) is 11.5 Å². The van der Waals surface area contributed by atoms with Crippen molar-refractivity contribution in [3.63, 3.8) is 0 Å². The number of benzene rings is 2. The SMILES string of the molecule is COc1ccc(O)c(/C=N/Nc2cnc3ccccc3n2)c1. The molecule has 6 nitrogen and oxygen atoms in total. The molecule has 3 rings (SSSR count). The predicted molar refractivity (Wildman–Crippen MR) is 85.4 cm³/mol. The third-order valence-electron chi connectivity index (χ3n) is 3.07. The summed E-state index contributed by atoms with van der Waals surface area (Å²) in [5.74, 6) is 1.29. The highest BCUT2D eigenvalue weighted by atomic mass is 16.5. The molecule has 0 aliphatic rings. The lowest BCUT2D eigenvalue weighted by molar-refractivity contribution is 0.412. The molecule has 0 saturated heterocycles. The van der Waals surface area contributed by atoms with Crippen molar-refractivity contribution >= 4 is 23.1 Å². The summed E-state index contributed by atoms with van der Waals surface area (Å²) in [7, 11) is 1.57. The van der Waals surface area contributed by atoms with Crippen LogP contribution in [0.25, 0.3) is 11.0 Å². The zero-order valence-corrected chi connectivity index (χ0v) is 11.9. The molecule has 1 aromatic heterocycles. The number of phenols is 1. The normalized spacial score (nSPS) is 11.0. The predicted octanol–water partition coefficient (Wildman–Crippen LogP) is 2.79. The van der Waals surface area contributed by atoms with Crippen molar-refractivity contribution in [3.8, 4) is 11.5 Å². The van der Waals surface area contributed by atoms with Crippen LogP contribution in [0.15, 0.2) is 53.8 Å². The van der Waals surface area contributed by atoms with E-state index < -0.39 is 0 Å². The Balaban J connectivity index is 1.78. The number of aromatic hydroxyl groups is 1. The molecule has 0 amide bonds. The van der Waals surface area contributed by atoms with Crippen LogP contribution in [0.4, 0.5) is 5.82 Å². The summed E-state index contributed by atoms with van der Waals surface area (Å²) in [4.78, 5) is 8.67. The number of phenolic OH excluding ortho intramolecular Hbond substituents is 1. The minimum absolute atomic E-state index is 0.121. The number of rotatable bonds is 4. The van der Waals surface area contributed by atoms with E-state index in [4.69, 9.17) is 4.74 Å². The largest absolute Gasteiger partial charge is 0.507 e. The van der Waals surface area contributed by atoms with Gasteiger partial charge in [-0.15, -0.1) is 0 Å². The van der Waals surface area contributed by atoms with E-state index in [-0.39, 0.29) is 5.75 Å². The molecule has 0 radical (unpaired) electrons. The molecule has 22 heavy (non-hydrogen) atoms. The number of anilines is 1. The zero-order chi connectivity index (χ0) is 15.4. The minimum atomic E-state index is 0.121. The van der Waals surface area contributed by atoms with Gasteiger partial charge in [-0.1, -0.05) is 12.1 Å². The van der Waals surface area contributed by atoms with Crippen LogP contribution in [0.3, 0.4) is 0 Å². The first-order valence-corrected chi connectivity index (χ1v) is 6.64. The van der Waals surface area contributed by atoms with Gasteiger partial charge in [-0.05, 0) is 30.3 Å². The number of methoxy groups -OCH3 is 1. The Morgan fingerprint density at radius 2 is 2.00 bits per heavy atom. The highest BCUT2D eigenvalue weighted by Crippen LogP contribution is 2.21. The van der Waals surface area contributed by atoms with Crippen molar-refractivity contribution in [3.05, 3.63) is 54.2 Å². The van der Waals surface area contributed by atoms with Crippen LogP contribution in [-0.2, 0) is 0 Å². The molecular weight excluding hydrogens is 280 g/mol. The van der Waals surface area contributed by atoms with Gasteiger partial charge in [0.25, 0.3) is 0 Å². The highest BCUT2D eigenvalue weighted by molar-refractivity contribution is 5.84. The van der Waals surface area contributed by atoms with E-state index in [1.54, 1.807) is 31.5 Å². The Bertz CT molecular complexity index is 833. The second kappa shape index (κ2) is 6.09. The third-order valence-corrected chi connectivity index (χ3v) is 3.07. The number of fused-ring (bicyclic) bond motifs is 1. The van der Waals surface area contributed by atoms with Crippen molar-refractivity contribution < 1.29 is 9.84 Å². The molecule has 110 valence electrons. The van der Waals surface area contributed by atoms with E-state index in [0.29, 0.717) is 17.1 Å². The Morgan fingerprint density at radius 3 is 2.82 bits per heavy atom. The number of ether oxygens (including phenoxy) is 1. The Morgan fingerprint density at radius 1 is 1.18 bits per heavy atom. The quantitative estimate of drug-likeness (QED) is 0.571. The summed E-state index contributed by atoms with van der Waals surface area (Å²) < 4.78 is 5.11. The van der Waals surface area contributed by atoms with Gasteiger partial charge in [-0.25, -0.2) is 4.98 Å². The van der Waals surface area contributed by atoms with Gasteiger partial charge in [0, 0.05) is 5.56 Å². The van der Waals surface area contributed by atoms with Crippen LogP contribution >= 0.6 is 0 Å². The number of nitrogens with zero attached hydrogens (tertiary/aromatic N) is 3. The summed E-state index contributed by atoms with van der Waals surface area (Å²) >= 11 is 0. The average molecular weight is 294 g/mol. The number of hydrazone groups is 1. The number of hydrogen-bond donors (Lipinski definition) is 2. The average Bonchev–Trinajstić information content (AvgIpc) is 2.56. The topological polar surface area (TPSA) is 79.6 Å². The Hall–Kier alpha value is -3.15. The number of para-hydroxylation sites is 2. The molecule has 0 unspecified atom stereocenters. The van der Waals surface area contributed by atoms with Crippen molar-refractivity contribution in [2.75, 3.05) is 12.5 Å². The van der Waals surface area contributed by atoms with Crippen molar-refractivity contribution in [1.29, 1.82) is 0 Å². The smallest absolute Gasteiger partial charge is 0.165 e. The first-order valence-electron chi connectivity index (χ1n) is 6.64. The monoisotopic (exact) mass is 294 g/mol. The van der Waals surface area contributed by atoms with E-state index in [1.165, 1.54) is 6.21 Å². The number of hydrogen-bond acceptors (Lipinski definition) is 6. The van der Waals surface area contributed by atoms with Gasteiger partial charge in [0.2, 0.25) is 0 Å². The van der Waals surface area contributed by atoms with Crippen LogP contribution in [0.1, 0.15) is 5.56 Å². The fraction of sp³-hybridized carbons (Fsp3) is 0.0625. The van der Waals surface area contributed by atoms with E-state index in [1.807, 2.05) is 24.3 Å². The van der Waals surface area contributed by atoms with Gasteiger partial charge in [-0.3, -0.25) is 10.4 Å². The molecule has 0 atom stereocenters. The second-order valence-electron chi connectivity index (χ2n) is 4.54. The minimum Gasteiger partial charge on any atom is -0.507 e. The van der Waals surface area contributed by atoms with E-state index in [0.717, 1.165) is 11.0 Å². The van der Waals surface area contributed by atoms with Gasteiger partial charge >= 0.3 is 0 Å². The van der Waals surface area contributed by atoms with Crippen LogP contribution in [0.5, 0.6) is 11.5 Å². The second-order valence-corrected chi connectivity index (χ2v) is 4.54. The molecule has 0 aliphatic heterocycles. The van der Waals surface area contributed by atoms with Crippen molar-refractivity contribution in [1.82, 2.24) is 9.97 Å². The fourth-order valence-electron chi connectivity index (χ4n) is 1.94. The van der Waals surface area contributed by atoms with Crippen LogP contribution in [-0.4, -0.2) is 28.4 Å². The Kier molecular flexibility index (Phi) is 3.82. The van der Waals surface area contributed by atoms with Gasteiger partial charge < -0.3 is 9.84 Å². The van der Waals surface area contributed by atoms with E-state index in [2.05, 4.69) is 20.5 Å². The number of nitrogens with one attached hydrogen (secondary N) is 1. The zero-order valence-electron chi connectivity index (χ0n) is 11.9. The van der Waals surface area contributed by atoms with E-state index in [9.17, 15) is 5.11 Å². The number of aromatic nitrogens is 2. The molecule has 0 aliphatic carbocycles. The third kappa shape index (κ3) is 2.95. The van der Waals surface area contributed by atoms with Crippen LogP contribution in [0.2, 0.25) is 0 Å². The lowest BCUT2D eigenvalue weighted by atomic mass is 10.2. The molecule has 0 saturated carbocycles. The van der Waals surface area contributed by atoms with Crippen molar-refractivity contribution in [2.45, 2.75) is 0 Å². The van der Waals surface area contributed by atoms with Gasteiger partial charge in [-0.2, -0.15) is 5.10 Å². The molecule has 2 aromatic carbocycles. The molecular formula is C16H14N4O2. The molecule has 2 N–H and O–H groups in total. The molecule has 0 bridgehead atoms. The molecule has 6 heteroatoms. The van der Waals surface area contributed by atoms with Crippen LogP contribution < -0.4 is 10.2 Å². The lowest BCUT2D eigenvalue weighted by Gasteiger charge is -2.03. The first-order chi connectivity index (χ1) is 10.8. The van der Waals surface area contributed by atoms with Crippen molar-refractivity contribution in [2.24, 2.45) is 5.10 Å². The van der Waals surface area contributed by atoms with Crippen LogP contribution in [0, 0.1) is 0 Å². The molecule has 0 fully saturated rings. The summed E-state index contributed by atoms with van der Waals surface area (Å²) in [6.45, 7) is 0. The standard InChI is InChI=1S/C16H14N4O2/c1-22-12-6-7-15(21)11(8-12)9-18-20-16-10-17-13-4-2-3-5-14(13)19-16/h2-10,21H,1H3,(H,19,20)/b18-9+. The highest BCUT2D eigenvalue weighted by Gasteiger charge is 2.01. The maximum absolute atomic E-state index is 9.77. The maximum atomic E-state index is 9.77. The van der Waals surface area contributed by atoms with E-state index >= 15 is 0 Å². The summed E-state index contributed by atoms with van der Waals surface area (Å²) in [5, 5.41) is 13.8. The summed E-state index contributed by atoms with van der Waals surface area (Å²) in [6, 6.07) is 12.5. The molecule has 0 spiro atoms. The molecule has 3 aromatic rings. The lowest BCUT2D eigenvalue weighted by Crippen LogP contribution is -1.95. The summed E-state index contributed by atoms with van der Waals surface area (Å²) in [6.07, 6.45) is 3.10. The maximum Gasteiger partial charge on any atom is 0.165 e. The fourth-order valence-corrected chi connectivity index (χ4v) is 1.94. The first kappa shape index (κ1) is 13.8.